The molecule has 0 aromatic heterocycles. The van der Waals surface area contributed by atoms with Crippen molar-refractivity contribution in [2.45, 2.75) is 6.42 Å². The molecule has 92 valence electrons. The fourth-order valence-electron chi connectivity index (χ4n) is 2.50. The predicted octanol–water partition coefficient (Wildman–Crippen LogP) is 5.28. The summed E-state index contributed by atoms with van der Waals surface area (Å²) < 4.78 is 0. The minimum atomic E-state index is 0.946. The van der Waals surface area contributed by atoms with Gasteiger partial charge in [0.1, 0.15) is 0 Å². The summed E-state index contributed by atoms with van der Waals surface area (Å²) >= 11 is 0. The molecule has 0 radical (unpaired) electrons. The molecule has 0 heterocycles. The zero-order valence-corrected chi connectivity index (χ0v) is 10.8. The minimum absolute atomic E-state index is 0.946. The fraction of sp³-hybridized carbons (Fsp3) is 0.0526. The molecule has 3 aromatic carbocycles. The average molecular weight is 244 g/mol. The van der Waals surface area contributed by atoms with E-state index in [0.717, 1.165) is 6.42 Å². The quantitative estimate of drug-likeness (QED) is 0.434. The Labute approximate surface area is 113 Å². The molecule has 0 amide bonds. The number of allylic oxidation sites excluding steroid dienone is 3. The molecule has 0 saturated heterocycles. The first-order valence-electron chi connectivity index (χ1n) is 6.56. The molecule has 0 aliphatic rings. The van der Waals surface area contributed by atoms with Crippen molar-refractivity contribution in [1.29, 1.82) is 0 Å². The average Bonchev–Trinajstić information content (AvgIpc) is 2.46. The monoisotopic (exact) mass is 244 g/mol. The van der Waals surface area contributed by atoms with Crippen LogP contribution in [-0.2, 0) is 6.42 Å². The molecule has 0 unspecified atom stereocenters. The SMILES string of the molecule is C=CC=CCc1cccc2cc3ccccc3cc12. The van der Waals surface area contributed by atoms with E-state index in [1.54, 1.807) is 0 Å². The maximum absolute atomic E-state index is 3.71. The molecule has 0 aliphatic carbocycles. The Balaban J connectivity index is 2.20. The largest absolute Gasteiger partial charge is 0.0991 e. The Hall–Kier alpha value is -2.34. The molecule has 0 saturated carbocycles. The van der Waals surface area contributed by atoms with Gasteiger partial charge in [-0.2, -0.15) is 0 Å². The van der Waals surface area contributed by atoms with Gasteiger partial charge in [0, 0.05) is 0 Å². The van der Waals surface area contributed by atoms with Crippen molar-refractivity contribution in [3.8, 4) is 0 Å². The summed E-state index contributed by atoms with van der Waals surface area (Å²) in [5.74, 6) is 0. The lowest BCUT2D eigenvalue weighted by atomic mass is 9.98. The summed E-state index contributed by atoms with van der Waals surface area (Å²) in [6.07, 6.45) is 6.92. The highest BCUT2D eigenvalue weighted by molar-refractivity contribution is 5.99. The number of rotatable bonds is 3. The Kier molecular flexibility index (Phi) is 3.16. The predicted molar refractivity (Wildman–Crippen MR) is 84.5 cm³/mol. The zero-order chi connectivity index (χ0) is 13.1. The first-order valence-corrected chi connectivity index (χ1v) is 6.56. The summed E-state index contributed by atoms with van der Waals surface area (Å²) in [6.45, 7) is 3.71. The third kappa shape index (κ3) is 2.30. The van der Waals surface area contributed by atoms with Crippen LogP contribution in [0, 0.1) is 0 Å². The number of fused-ring (bicyclic) bond motifs is 2. The lowest BCUT2D eigenvalue weighted by Gasteiger charge is -2.06. The first kappa shape index (κ1) is 11.7. The molecule has 0 N–H and O–H groups in total. The first-order chi connectivity index (χ1) is 9.38. The normalized spacial score (nSPS) is 11.4. The number of hydrogen-bond acceptors (Lipinski definition) is 0. The number of hydrogen-bond donors (Lipinski definition) is 0. The summed E-state index contributed by atoms with van der Waals surface area (Å²) in [5.41, 5.74) is 1.36. The topological polar surface area (TPSA) is 0 Å². The third-order valence-corrected chi connectivity index (χ3v) is 3.45. The van der Waals surface area contributed by atoms with Crippen molar-refractivity contribution in [1.82, 2.24) is 0 Å². The van der Waals surface area contributed by atoms with Gasteiger partial charge in [-0.1, -0.05) is 67.3 Å². The zero-order valence-electron chi connectivity index (χ0n) is 10.8. The third-order valence-electron chi connectivity index (χ3n) is 3.45. The Morgan fingerprint density at radius 1 is 0.842 bits per heavy atom. The summed E-state index contributed by atoms with van der Waals surface area (Å²) in [7, 11) is 0. The lowest BCUT2D eigenvalue weighted by Crippen LogP contribution is -1.85. The van der Waals surface area contributed by atoms with Crippen LogP contribution in [0.15, 0.2) is 79.4 Å². The van der Waals surface area contributed by atoms with Crippen molar-refractivity contribution in [2.75, 3.05) is 0 Å². The van der Waals surface area contributed by atoms with Gasteiger partial charge in [-0.05, 0) is 45.7 Å². The molecule has 0 atom stereocenters. The van der Waals surface area contributed by atoms with Gasteiger partial charge in [0.15, 0.2) is 0 Å². The molecule has 3 aromatic rings. The molecular formula is C19H16. The van der Waals surface area contributed by atoms with Crippen LogP contribution in [0.2, 0.25) is 0 Å². The van der Waals surface area contributed by atoms with Gasteiger partial charge in [0.2, 0.25) is 0 Å². The highest BCUT2D eigenvalue weighted by Gasteiger charge is 2.01. The van der Waals surface area contributed by atoms with Gasteiger partial charge >= 0.3 is 0 Å². The van der Waals surface area contributed by atoms with E-state index in [1.165, 1.54) is 27.1 Å². The van der Waals surface area contributed by atoms with E-state index in [2.05, 4.69) is 67.3 Å². The molecular weight excluding hydrogens is 228 g/mol. The second-order valence-electron chi connectivity index (χ2n) is 4.71. The van der Waals surface area contributed by atoms with E-state index in [-0.39, 0.29) is 0 Å². The second-order valence-corrected chi connectivity index (χ2v) is 4.71. The van der Waals surface area contributed by atoms with Crippen molar-refractivity contribution < 1.29 is 0 Å². The highest BCUT2D eigenvalue weighted by Crippen LogP contribution is 2.25. The van der Waals surface area contributed by atoms with E-state index in [4.69, 9.17) is 0 Å². The van der Waals surface area contributed by atoms with Gasteiger partial charge in [0.05, 0.1) is 0 Å². The van der Waals surface area contributed by atoms with Crippen LogP contribution in [0.5, 0.6) is 0 Å². The molecule has 0 aliphatic heterocycles. The Morgan fingerprint density at radius 2 is 1.58 bits per heavy atom. The maximum Gasteiger partial charge on any atom is -0.00882 e. The second kappa shape index (κ2) is 5.11. The van der Waals surface area contributed by atoms with Gasteiger partial charge in [-0.15, -0.1) is 0 Å². The maximum atomic E-state index is 3.71. The van der Waals surface area contributed by atoms with Crippen molar-refractivity contribution in [3.63, 3.8) is 0 Å². The lowest BCUT2D eigenvalue weighted by molar-refractivity contribution is 1.30. The Morgan fingerprint density at radius 3 is 2.37 bits per heavy atom. The van der Waals surface area contributed by atoms with Crippen LogP contribution in [0.1, 0.15) is 5.56 Å². The van der Waals surface area contributed by atoms with Gasteiger partial charge < -0.3 is 0 Å². The van der Waals surface area contributed by atoms with Crippen LogP contribution < -0.4 is 0 Å². The van der Waals surface area contributed by atoms with Gasteiger partial charge in [-0.3, -0.25) is 0 Å². The van der Waals surface area contributed by atoms with E-state index in [1.807, 2.05) is 12.2 Å². The van der Waals surface area contributed by atoms with Gasteiger partial charge in [0.25, 0.3) is 0 Å². The molecule has 3 rings (SSSR count). The Bertz CT molecular complexity index is 763. The fourth-order valence-corrected chi connectivity index (χ4v) is 2.50. The number of benzene rings is 3. The molecule has 0 bridgehead atoms. The van der Waals surface area contributed by atoms with Crippen LogP contribution in [-0.4, -0.2) is 0 Å². The molecule has 0 nitrogen and oxygen atoms in total. The minimum Gasteiger partial charge on any atom is -0.0991 e. The van der Waals surface area contributed by atoms with Crippen LogP contribution in [0.4, 0.5) is 0 Å². The van der Waals surface area contributed by atoms with Crippen LogP contribution in [0.3, 0.4) is 0 Å². The molecule has 0 spiro atoms. The summed E-state index contributed by atoms with van der Waals surface area (Å²) in [6, 6.07) is 19.6. The van der Waals surface area contributed by atoms with E-state index in [0.29, 0.717) is 0 Å². The summed E-state index contributed by atoms with van der Waals surface area (Å²) in [5, 5.41) is 5.25. The van der Waals surface area contributed by atoms with E-state index < -0.39 is 0 Å². The molecule has 0 heteroatoms. The highest BCUT2D eigenvalue weighted by atomic mass is 14.1. The van der Waals surface area contributed by atoms with Gasteiger partial charge in [-0.25, -0.2) is 0 Å². The molecule has 0 fully saturated rings. The van der Waals surface area contributed by atoms with Crippen molar-refractivity contribution >= 4 is 21.5 Å². The van der Waals surface area contributed by atoms with Crippen molar-refractivity contribution in [2.24, 2.45) is 0 Å². The van der Waals surface area contributed by atoms with E-state index in [9.17, 15) is 0 Å². The summed E-state index contributed by atoms with van der Waals surface area (Å²) in [4.78, 5) is 0. The van der Waals surface area contributed by atoms with Crippen LogP contribution in [0.25, 0.3) is 21.5 Å². The smallest absolute Gasteiger partial charge is 0.00882 e. The van der Waals surface area contributed by atoms with Crippen LogP contribution >= 0.6 is 0 Å². The standard InChI is InChI=1S/C19H16/c1-2-3-4-8-15-11-7-12-18-13-16-9-5-6-10-17(16)14-19(15)18/h2-7,9-14H,1,8H2. The van der Waals surface area contributed by atoms with Crippen molar-refractivity contribution in [3.05, 3.63) is 85.0 Å². The van der Waals surface area contributed by atoms with E-state index >= 15 is 0 Å². The molecule has 19 heavy (non-hydrogen) atoms.